The van der Waals surface area contributed by atoms with Crippen LogP contribution >= 0.6 is 11.3 Å². The largest absolute Gasteiger partial charge is 0.466 e. The Morgan fingerprint density at radius 2 is 2.19 bits per heavy atom. The zero-order valence-corrected chi connectivity index (χ0v) is 13.0. The van der Waals surface area contributed by atoms with E-state index < -0.39 is 0 Å². The first kappa shape index (κ1) is 15.2. The Kier molecular flexibility index (Phi) is 4.74. The van der Waals surface area contributed by atoms with Gasteiger partial charge in [-0.2, -0.15) is 0 Å². The highest BCUT2D eigenvalue weighted by atomic mass is 32.1. The predicted octanol–water partition coefficient (Wildman–Crippen LogP) is 2.16. The molecule has 0 aliphatic heterocycles. The maximum Gasteiger partial charge on any atom is 0.311 e. The molecule has 0 atom stereocenters. The minimum atomic E-state index is -0.289. The van der Waals surface area contributed by atoms with E-state index in [1.54, 1.807) is 32.6 Å². The number of carbonyl (C=O) groups is 2. The maximum absolute atomic E-state index is 12.3. The van der Waals surface area contributed by atoms with Gasteiger partial charge < -0.3 is 9.72 Å². The van der Waals surface area contributed by atoms with Gasteiger partial charge in [0.05, 0.1) is 18.6 Å². The zero-order chi connectivity index (χ0) is 15.4. The van der Waals surface area contributed by atoms with Crippen LogP contribution in [0, 0.1) is 6.92 Å². The SMILES string of the molecule is CCOC(=O)Cc1cnc(N(C)C(=O)c2c[nH]cc2C)s1. The fourth-order valence-electron chi connectivity index (χ4n) is 1.83. The van der Waals surface area contributed by atoms with Crippen LogP contribution in [-0.4, -0.2) is 35.5 Å². The van der Waals surface area contributed by atoms with Gasteiger partial charge >= 0.3 is 5.97 Å². The Bertz CT molecular complexity index is 647. The number of anilines is 1. The lowest BCUT2D eigenvalue weighted by atomic mass is 10.2. The summed E-state index contributed by atoms with van der Waals surface area (Å²) in [7, 11) is 1.67. The number of ether oxygens (including phenoxy) is 1. The maximum atomic E-state index is 12.3. The number of aryl methyl sites for hydroxylation is 1. The third kappa shape index (κ3) is 3.49. The molecule has 0 saturated carbocycles. The molecule has 0 aliphatic rings. The Labute approximate surface area is 126 Å². The van der Waals surface area contributed by atoms with Gasteiger partial charge in [-0.1, -0.05) is 0 Å². The van der Waals surface area contributed by atoms with Gasteiger partial charge in [0.1, 0.15) is 0 Å². The lowest BCUT2D eigenvalue weighted by Gasteiger charge is -2.13. The van der Waals surface area contributed by atoms with Gasteiger partial charge in [-0.05, 0) is 19.4 Å². The van der Waals surface area contributed by atoms with Crippen LogP contribution in [0.3, 0.4) is 0 Å². The summed E-state index contributed by atoms with van der Waals surface area (Å²) in [6.07, 6.45) is 5.22. The Morgan fingerprint density at radius 3 is 2.81 bits per heavy atom. The van der Waals surface area contributed by atoms with Gasteiger partial charge in [0.25, 0.3) is 5.91 Å². The number of nitrogens with zero attached hydrogens (tertiary/aromatic N) is 2. The zero-order valence-electron chi connectivity index (χ0n) is 12.2. The molecule has 7 heteroatoms. The average Bonchev–Trinajstić information content (AvgIpc) is 3.06. The summed E-state index contributed by atoms with van der Waals surface area (Å²) in [6.45, 7) is 3.99. The normalized spacial score (nSPS) is 10.4. The van der Waals surface area contributed by atoms with E-state index >= 15 is 0 Å². The molecule has 0 radical (unpaired) electrons. The van der Waals surface area contributed by atoms with Crippen LogP contribution in [0.25, 0.3) is 0 Å². The fraction of sp³-hybridized carbons (Fsp3) is 0.357. The minimum absolute atomic E-state index is 0.134. The van der Waals surface area contributed by atoms with Crippen molar-refractivity contribution in [3.63, 3.8) is 0 Å². The van der Waals surface area contributed by atoms with Crippen molar-refractivity contribution in [1.82, 2.24) is 9.97 Å². The van der Waals surface area contributed by atoms with Crippen LogP contribution in [0.1, 0.15) is 27.7 Å². The van der Waals surface area contributed by atoms with E-state index in [-0.39, 0.29) is 18.3 Å². The molecule has 6 nitrogen and oxygen atoms in total. The summed E-state index contributed by atoms with van der Waals surface area (Å²) in [4.78, 5) is 33.1. The number of thiazole rings is 1. The smallest absolute Gasteiger partial charge is 0.311 e. The van der Waals surface area contributed by atoms with E-state index in [4.69, 9.17) is 4.74 Å². The predicted molar refractivity (Wildman–Crippen MR) is 80.7 cm³/mol. The molecule has 112 valence electrons. The number of hydrogen-bond acceptors (Lipinski definition) is 5. The molecule has 1 amide bonds. The van der Waals surface area contributed by atoms with E-state index in [1.807, 2.05) is 6.92 Å². The van der Waals surface area contributed by atoms with E-state index in [1.165, 1.54) is 16.2 Å². The Hall–Kier alpha value is -2.15. The standard InChI is InChI=1S/C14H17N3O3S/c1-4-20-12(18)5-10-7-16-14(21-10)17(3)13(19)11-8-15-6-9(11)2/h6-8,15H,4-5H2,1-3H3. The van der Waals surface area contributed by atoms with Crippen molar-refractivity contribution in [3.05, 3.63) is 34.6 Å². The molecule has 2 heterocycles. The van der Waals surface area contributed by atoms with Crippen molar-refractivity contribution >= 4 is 28.3 Å². The van der Waals surface area contributed by atoms with Gasteiger partial charge in [0, 0.05) is 30.5 Å². The third-order valence-electron chi connectivity index (χ3n) is 2.94. The molecule has 0 bridgehead atoms. The number of carbonyl (C=O) groups excluding carboxylic acids is 2. The first-order valence-electron chi connectivity index (χ1n) is 6.54. The second kappa shape index (κ2) is 6.53. The van der Waals surface area contributed by atoms with Crippen LogP contribution in [0.5, 0.6) is 0 Å². The van der Waals surface area contributed by atoms with Crippen LogP contribution in [0.2, 0.25) is 0 Å². The van der Waals surface area contributed by atoms with Gasteiger partial charge in [-0.25, -0.2) is 4.98 Å². The van der Waals surface area contributed by atoms with Crippen molar-refractivity contribution in [2.45, 2.75) is 20.3 Å². The van der Waals surface area contributed by atoms with E-state index in [9.17, 15) is 9.59 Å². The lowest BCUT2D eigenvalue weighted by molar-refractivity contribution is -0.142. The second-order valence-corrected chi connectivity index (χ2v) is 5.60. The summed E-state index contributed by atoms with van der Waals surface area (Å²) in [5, 5.41) is 0.555. The first-order valence-corrected chi connectivity index (χ1v) is 7.36. The summed E-state index contributed by atoms with van der Waals surface area (Å²) < 4.78 is 4.89. The van der Waals surface area contributed by atoms with Gasteiger partial charge in [0.2, 0.25) is 0 Å². The van der Waals surface area contributed by atoms with E-state index in [0.29, 0.717) is 17.3 Å². The number of H-pyrrole nitrogens is 1. The lowest BCUT2D eigenvalue weighted by Crippen LogP contribution is -2.26. The number of rotatable bonds is 5. The van der Waals surface area contributed by atoms with Gasteiger partial charge in [-0.3, -0.25) is 14.5 Å². The van der Waals surface area contributed by atoms with Crippen LogP contribution in [0.15, 0.2) is 18.6 Å². The van der Waals surface area contributed by atoms with Crippen LogP contribution < -0.4 is 4.90 Å². The Balaban J connectivity index is 2.08. The highest BCUT2D eigenvalue weighted by molar-refractivity contribution is 7.15. The topological polar surface area (TPSA) is 75.3 Å². The van der Waals surface area contributed by atoms with Crippen LogP contribution in [0.4, 0.5) is 5.13 Å². The second-order valence-electron chi connectivity index (χ2n) is 4.51. The number of esters is 1. The van der Waals surface area contributed by atoms with Crippen molar-refractivity contribution in [2.24, 2.45) is 0 Å². The number of aromatic amines is 1. The molecule has 0 spiro atoms. The van der Waals surface area contributed by atoms with Crippen LogP contribution in [-0.2, 0) is 16.0 Å². The molecule has 0 saturated heterocycles. The molecular formula is C14H17N3O3S. The molecule has 21 heavy (non-hydrogen) atoms. The summed E-state index contributed by atoms with van der Waals surface area (Å²) in [6, 6.07) is 0. The van der Waals surface area contributed by atoms with Gasteiger partial charge in [-0.15, -0.1) is 11.3 Å². The average molecular weight is 307 g/mol. The molecule has 0 fully saturated rings. The van der Waals surface area contributed by atoms with Crippen molar-refractivity contribution in [2.75, 3.05) is 18.6 Å². The number of nitrogens with one attached hydrogen (secondary N) is 1. The third-order valence-corrected chi connectivity index (χ3v) is 4.01. The highest BCUT2D eigenvalue weighted by Gasteiger charge is 2.19. The molecule has 0 aliphatic carbocycles. The molecule has 0 unspecified atom stereocenters. The quantitative estimate of drug-likeness (QED) is 0.859. The van der Waals surface area contributed by atoms with E-state index in [0.717, 1.165) is 10.4 Å². The molecule has 2 aromatic rings. The number of aromatic nitrogens is 2. The van der Waals surface area contributed by atoms with Crippen molar-refractivity contribution in [1.29, 1.82) is 0 Å². The van der Waals surface area contributed by atoms with E-state index in [2.05, 4.69) is 9.97 Å². The summed E-state index contributed by atoms with van der Waals surface area (Å²) >= 11 is 1.31. The molecule has 2 rings (SSSR count). The van der Waals surface area contributed by atoms with Crippen molar-refractivity contribution in [3.8, 4) is 0 Å². The molecular weight excluding hydrogens is 290 g/mol. The molecule has 1 N–H and O–H groups in total. The fourth-order valence-corrected chi connectivity index (χ4v) is 2.68. The number of hydrogen-bond donors (Lipinski definition) is 1. The highest BCUT2D eigenvalue weighted by Crippen LogP contribution is 2.24. The first-order chi connectivity index (χ1) is 10.0. The minimum Gasteiger partial charge on any atom is -0.466 e. The van der Waals surface area contributed by atoms with Crippen molar-refractivity contribution < 1.29 is 14.3 Å². The van der Waals surface area contributed by atoms with Gasteiger partial charge in [0.15, 0.2) is 5.13 Å². The summed E-state index contributed by atoms with van der Waals surface area (Å²) in [5.74, 6) is -0.422. The monoisotopic (exact) mass is 307 g/mol. The summed E-state index contributed by atoms with van der Waals surface area (Å²) in [5.41, 5.74) is 1.50. The molecule has 2 aromatic heterocycles. The molecule has 0 aromatic carbocycles. The Morgan fingerprint density at radius 1 is 1.43 bits per heavy atom. The number of amides is 1.